The lowest BCUT2D eigenvalue weighted by atomic mass is 9.98. The fourth-order valence-corrected chi connectivity index (χ4v) is 5.74. The van der Waals surface area contributed by atoms with Gasteiger partial charge >= 0.3 is 0 Å². The molecule has 0 spiro atoms. The molecule has 1 aromatic heterocycles. The Kier molecular flexibility index (Phi) is 6.18. The van der Waals surface area contributed by atoms with E-state index in [4.69, 9.17) is 4.74 Å². The highest BCUT2D eigenvalue weighted by molar-refractivity contribution is 7.91. The van der Waals surface area contributed by atoms with Crippen LogP contribution in [0.3, 0.4) is 0 Å². The van der Waals surface area contributed by atoms with Crippen LogP contribution in [0.2, 0.25) is 0 Å². The minimum absolute atomic E-state index is 0.0466. The second-order valence-corrected chi connectivity index (χ2v) is 9.93. The summed E-state index contributed by atoms with van der Waals surface area (Å²) in [5.74, 6) is 0.152. The first kappa shape index (κ1) is 19.9. The van der Waals surface area contributed by atoms with E-state index in [1.807, 2.05) is 26.0 Å². The summed E-state index contributed by atoms with van der Waals surface area (Å²) in [4.78, 5) is 12.7. The van der Waals surface area contributed by atoms with Crippen LogP contribution in [0.15, 0.2) is 46.0 Å². The Balaban J connectivity index is 1.67. The zero-order valence-electron chi connectivity index (χ0n) is 15.4. The Morgan fingerprint density at radius 3 is 2.81 bits per heavy atom. The topological polar surface area (TPSA) is 75.7 Å². The summed E-state index contributed by atoms with van der Waals surface area (Å²) in [5, 5.41) is 4.64. The molecule has 0 saturated carbocycles. The molecule has 0 radical (unpaired) electrons. The zero-order chi connectivity index (χ0) is 19.4. The number of nitrogens with one attached hydrogen (secondary N) is 1. The quantitative estimate of drug-likeness (QED) is 0.793. The molecule has 1 N–H and O–H groups in total. The normalized spacial score (nSPS) is 18.4. The highest BCUT2D eigenvalue weighted by Gasteiger charge is 2.33. The smallest absolute Gasteiger partial charge is 0.252 e. The van der Waals surface area contributed by atoms with Gasteiger partial charge in [0, 0.05) is 24.8 Å². The van der Waals surface area contributed by atoms with Crippen LogP contribution in [-0.4, -0.2) is 37.8 Å². The van der Waals surface area contributed by atoms with Crippen LogP contribution in [-0.2, 0) is 14.8 Å². The monoisotopic (exact) mass is 408 g/mol. The fraction of sp³-hybridized carbons (Fsp3) is 0.421. The van der Waals surface area contributed by atoms with Crippen molar-refractivity contribution in [2.24, 2.45) is 5.92 Å². The predicted octanol–water partition coefficient (Wildman–Crippen LogP) is 3.57. The van der Waals surface area contributed by atoms with Crippen LogP contribution < -0.4 is 10.1 Å². The first-order valence-corrected chi connectivity index (χ1v) is 11.3. The summed E-state index contributed by atoms with van der Waals surface area (Å²) in [6.45, 7) is 4.53. The van der Waals surface area contributed by atoms with E-state index >= 15 is 0 Å². The van der Waals surface area contributed by atoms with Crippen LogP contribution >= 0.6 is 11.3 Å². The summed E-state index contributed by atoms with van der Waals surface area (Å²) in [6.07, 6.45) is 1.38. The summed E-state index contributed by atoms with van der Waals surface area (Å²) in [7, 11) is -3.53. The number of piperidine rings is 1. The predicted molar refractivity (Wildman–Crippen MR) is 107 cm³/mol. The van der Waals surface area contributed by atoms with Gasteiger partial charge in [-0.1, -0.05) is 12.1 Å². The Morgan fingerprint density at radius 2 is 2.11 bits per heavy atom. The van der Waals surface area contributed by atoms with E-state index in [-0.39, 0.29) is 24.5 Å². The zero-order valence-corrected chi connectivity index (χ0v) is 17.1. The second-order valence-electron chi connectivity index (χ2n) is 6.82. The second kappa shape index (κ2) is 8.41. The van der Waals surface area contributed by atoms with Gasteiger partial charge in [-0.25, -0.2) is 8.42 Å². The first-order chi connectivity index (χ1) is 12.9. The van der Waals surface area contributed by atoms with Crippen molar-refractivity contribution in [3.05, 3.63) is 41.8 Å². The van der Waals surface area contributed by atoms with Crippen molar-refractivity contribution >= 4 is 33.0 Å². The van der Waals surface area contributed by atoms with E-state index in [1.54, 1.807) is 29.6 Å². The van der Waals surface area contributed by atoms with Gasteiger partial charge in [0.15, 0.2) is 0 Å². The molecule has 1 aliphatic rings. The lowest BCUT2D eigenvalue weighted by Crippen LogP contribution is -2.43. The SMILES string of the molecule is CC(C)Oc1cccc(NC(=O)C2CCCN(S(=O)(=O)c3cccs3)C2)c1. The third kappa shape index (κ3) is 4.88. The van der Waals surface area contributed by atoms with E-state index in [9.17, 15) is 13.2 Å². The third-order valence-electron chi connectivity index (χ3n) is 4.32. The Labute approximate surface area is 164 Å². The fourth-order valence-electron chi connectivity index (χ4n) is 3.08. The van der Waals surface area contributed by atoms with Gasteiger partial charge in [-0.05, 0) is 50.3 Å². The van der Waals surface area contributed by atoms with E-state index in [0.717, 1.165) is 0 Å². The van der Waals surface area contributed by atoms with E-state index in [1.165, 1.54) is 15.6 Å². The molecule has 1 fully saturated rings. The van der Waals surface area contributed by atoms with Gasteiger partial charge < -0.3 is 10.1 Å². The first-order valence-electron chi connectivity index (χ1n) is 8.97. The molecule has 1 aromatic carbocycles. The summed E-state index contributed by atoms with van der Waals surface area (Å²) < 4.78 is 32.8. The van der Waals surface area contributed by atoms with Crippen molar-refractivity contribution in [3.63, 3.8) is 0 Å². The lowest BCUT2D eigenvalue weighted by molar-refractivity contribution is -0.120. The lowest BCUT2D eigenvalue weighted by Gasteiger charge is -2.30. The summed E-state index contributed by atoms with van der Waals surface area (Å²) >= 11 is 1.20. The number of rotatable bonds is 6. The largest absolute Gasteiger partial charge is 0.491 e. The van der Waals surface area contributed by atoms with E-state index < -0.39 is 10.0 Å². The molecule has 8 heteroatoms. The average molecular weight is 409 g/mol. The van der Waals surface area contributed by atoms with Crippen LogP contribution in [0.5, 0.6) is 5.75 Å². The number of nitrogens with zero attached hydrogens (tertiary/aromatic N) is 1. The van der Waals surface area contributed by atoms with Crippen LogP contribution in [0, 0.1) is 5.92 Å². The third-order valence-corrected chi connectivity index (χ3v) is 7.56. The van der Waals surface area contributed by atoms with Crippen molar-refractivity contribution in [2.75, 3.05) is 18.4 Å². The van der Waals surface area contributed by atoms with Crippen molar-refractivity contribution in [1.82, 2.24) is 4.31 Å². The standard InChI is InChI=1S/C19H24N2O4S2/c1-14(2)25-17-8-3-7-16(12-17)20-19(22)15-6-4-10-21(13-15)27(23,24)18-9-5-11-26-18/h3,5,7-9,11-12,14-15H,4,6,10,13H2,1-2H3,(H,20,22). The minimum Gasteiger partial charge on any atom is -0.491 e. The van der Waals surface area contributed by atoms with Crippen molar-refractivity contribution in [3.8, 4) is 5.75 Å². The Bertz CT molecular complexity index is 879. The number of hydrogen-bond donors (Lipinski definition) is 1. The van der Waals surface area contributed by atoms with Gasteiger partial charge in [0.2, 0.25) is 5.91 Å². The van der Waals surface area contributed by atoms with E-state index in [2.05, 4.69) is 5.32 Å². The highest BCUT2D eigenvalue weighted by atomic mass is 32.2. The van der Waals surface area contributed by atoms with Crippen molar-refractivity contribution < 1.29 is 17.9 Å². The molecule has 6 nitrogen and oxygen atoms in total. The Morgan fingerprint density at radius 1 is 1.30 bits per heavy atom. The molecule has 0 aliphatic carbocycles. The molecule has 1 aliphatic heterocycles. The molecule has 3 rings (SSSR count). The van der Waals surface area contributed by atoms with Crippen LogP contribution in [0.25, 0.3) is 0 Å². The maximum atomic E-state index is 12.7. The molecule has 1 amide bonds. The molecule has 2 aromatic rings. The molecular weight excluding hydrogens is 384 g/mol. The maximum absolute atomic E-state index is 12.7. The van der Waals surface area contributed by atoms with Crippen molar-refractivity contribution in [2.45, 2.75) is 37.0 Å². The molecule has 2 heterocycles. The number of sulfonamides is 1. The number of carbonyl (C=O) groups excluding carboxylic acids is 1. The van der Waals surface area contributed by atoms with Gasteiger partial charge in [-0.3, -0.25) is 4.79 Å². The van der Waals surface area contributed by atoms with Gasteiger partial charge in [-0.2, -0.15) is 4.31 Å². The number of anilines is 1. The minimum atomic E-state index is -3.53. The molecule has 1 unspecified atom stereocenters. The number of thiophene rings is 1. The summed E-state index contributed by atoms with van der Waals surface area (Å²) in [5.41, 5.74) is 0.649. The molecule has 1 saturated heterocycles. The number of hydrogen-bond acceptors (Lipinski definition) is 5. The number of ether oxygens (including phenoxy) is 1. The van der Waals surface area contributed by atoms with Gasteiger partial charge in [0.05, 0.1) is 12.0 Å². The van der Waals surface area contributed by atoms with Crippen LogP contribution in [0.4, 0.5) is 5.69 Å². The molecule has 27 heavy (non-hydrogen) atoms. The molecule has 0 bridgehead atoms. The molecule has 146 valence electrons. The Hall–Kier alpha value is -1.90. The number of carbonyl (C=O) groups is 1. The number of amides is 1. The average Bonchev–Trinajstić information content (AvgIpc) is 3.17. The van der Waals surface area contributed by atoms with Gasteiger partial charge in [0.25, 0.3) is 10.0 Å². The molecule has 1 atom stereocenters. The van der Waals surface area contributed by atoms with Crippen LogP contribution in [0.1, 0.15) is 26.7 Å². The molecular formula is C19H24N2O4S2. The summed E-state index contributed by atoms with van der Waals surface area (Å²) in [6, 6.07) is 10.6. The van der Waals surface area contributed by atoms with Gasteiger partial charge in [0.1, 0.15) is 9.96 Å². The highest BCUT2D eigenvalue weighted by Crippen LogP contribution is 2.27. The van der Waals surface area contributed by atoms with Gasteiger partial charge in [-0.15, -0.1) is 11.3 Å². The number of benzene rings is 1. The van der Waals surface area contributed by atoms with E-state index in [0.29, 0.717) is 35.0 Å². The van der Waals surface area contributed by atoms with Crippen molar-refractivity contribution in [1.29, 1.82) is 0 Å². The maximum Gasteiger partial charge on any atom is 0.252 e.